The van der Waals surface area contributed by atoms with Gasteiger partial charge < -0.3 is 15.5 Å². The molecule has 0 bridgehead atoms. The summed E-state index contributed by atoms with van der Waals surface area (Å²) in [5, 5.41) is 22.8. The van der Waals surface area contributed by atoms with E-state index in [0.717, 1.165) is 22.1 Å². The second kappa shape index (κ2) is 8.87. The number of nitrogens with zero attached hydrogens (tertiary/aromatic N) is 2. The second-order valence-electron chi connectivity index (χ2n) is 6.94. The van der Waals surface area contributed by atoms with Crippen LogP contribution in [0, 0.1) is 12.7 Å². The van der Waals surface area contributed by atoms with Crippen molar-refractivity contribution in [3.63, 3.8) is 0 Å². The highest BCUT2D eigenvalue weighted by atomic mass is 19.1. The number of carbonyl (C=O) groups is 2. The van der Waals surface area contributed by atoms with E-state index in [-0.39, 0.29) is 36.0 Å². The summed E-state index contributed by atoms with van der Waals surface area (Å²) in [6, 6.07) is 6.10. The Balaban J connectivity index is 2.14. The normalized spacial score (nSPS) is 12.0. The minimum absolute atomic E-state index is 0.0137. The third-order valence-electron chi connectivity index (χ3n) is 4.86. The first-order valence-corrected chi connectivity index (χ1v) is 9.35. The van der Waals surface area contributed by atoms with Gasteiger partial charge in [-0.15, -0.1) is 0 Å². The van der Waals surface area contributed by atoms with Gasteiger partial charge in [0.1, 0.15) is 11.5 Å². The number of aryl methyl sites for hydroxylation is 1. The molecule has 3 N–H and O–H groups in total. The van der Waals surface area contributed by atoms with Crippen LogP contribution in [0.3, 0.4) is 0 Å². The Kier molecular flexibility index (Phi) is 6.27. The number of benzene rings is 1. The van der Waals surface area contributed by atoms with Crippen LogP contribution in [0.2, 0.25) is 0 Å². The van der Waals surface area contributed by atoms with Gasteiger partial charge in [-0.25, -0.2) is 4.39 Å². The molecule has 2 heterocycles. The second-order valence-corrected chi connectivity index (χ2v) is 6.94. The molecular formula is C22H22FN3O4. The summed E-state index contributed by atoms with van der Waals surface area (Å²) < 4.78 is 14.5. The molecule has 0 aliphatic carbocycles. The number of aliphatic hydroxyl groups excluding tert-OH is 2. The first-order valence-electron chi connectivity index (χ1n) is 9.35. The van der Waals surface area contributed by atoms with E-state index >= 15 is 0 Å². The van der Waals surface area contributed by atoms with Crippen LogP contribution < -0.4 is 5.32 Å². The summed E-state index contributed by atoms with van der Waals surface area (Å²) in [4.78, 5) is 28.2. The lowest BCUT2D eigenvalue weighted by molar-refractivity contribution is -0.117. The van der Waals surface area contributed by atoms with Gasteiger partial charge in [-0.05, 0) is 49.1 Å². The minimum atomic E-state index is -0.548. The fourth-order valence-corrected chi connectivity index (χ4v) is 3.37. The molecule has 156 valence electrons. The summed E-state index contributed by atoms with van der Waals surface area (Å²) in [5.74, 6) is -1.23. The Bertz CT molecular complexity index is 1130. The van der Waals surface area contributed by atoms with Crippen molar-refractivity contribution in [3.8, 4) is 0 Å². The van der Waals surface area contributed by atoms with Crippen molar-refractivity contribution in [1.29, 1.82) is 0 Å². The number of hydrogen-bond donors (Lipinski definition) is 3. The molecule has 30 heavy (non-hydrogen) atoms. The average Bonchev–Trinajstić information content (AvgIpc) is 3.09. The van der Waals surface area contributed by atoms with Crippen molar-refractivity contribution in [1.82, 2.24) is 14.9 Å². The van der Waals surface area contributed by atoms with E-state index in [0.29, 0.717) is 18.3 Å². The number of aliphatic hydroxyl groups is 2. The number of hydrogen-bond acceptors (Lipinski definition) is 5. The fraction of sp³-hybridized carbons (Fsp3) is 0.227. The monoisotopic (exact) mass is 411 g/mol. The fourth-order valence-electron chi connectivity index (χ4n) is 3.37. The van der Waals surface area contributed by atoms with Crippen LogP contribution >= 0.6 is 0 Å². The zero-order valence-corrected chi connectivity index (χ0v) is 16.6. The maximum absolute atomic E-state index is 13.2. The molecular weight excluding hydrogens is 389 g/mol. The number of fused-ring (bicyclic) bond motifs is 1. The van der Waals surface area contributed by atoms with Gasteiger partial charge in [0.05, 0.1) is 17.7 Å². The molecule has 0 atom stereocenters. The molecule has 0 radical (unpaired) electrons. The molecule has 3 aromatic rings. The van der Waals surface area contributed by atoms with E-state index in [9.17, 15) is 19.1 Å². The molecule has 0 unspecified atom stereocenters. The molecule has 8 heteroatoms. The molecule has 1 aromatic carbocycles. The zero-order valence-electron chi connectivity index (χ0n) is 16.6. The van der Waals surface area contributed by atoms with E-state index in [1.165, 1.54) is 23.6 Å². The molecule has 1 amide bonds. The van der Waals surface area contributed by atoms with Gasteiger partial charge in [0.2, 0.25) is 6.41 Å². The number of carbonyl (C=O) groups excluding carboxylic acids is 2. The molecule has 3 rings (SSSR count). The van der Waals surface area contributed by atoms with Crippen molar-refractivity contribution >= 4 is 29.0 Å². The Labute approximate surface area is 172 Å². The van der Waals surface area contributed by atoms with Gasteiger partial charge in [0.15, 0.2) is 5.76 Å². The SMILES string of the molecule is C/C(C(=O)NCCO)=C(/O)c1ncc(Cc2ccc(F)cc2)c2c(C)cn(C=O)c12. The Morgan fingerprint density at radius 3 is 2.63 bits per heavy atom. The highest BCUT2D eigenvalue weighted by Crippen LogP contribution is 2.31. The van der Waals surface area contributed by atoms with E-state index in [4.69, 9.17) is 5.11 Å². The smallest absolute Gasteiger partial charge is 0.250 e. The Morgan fingerprint density at radius 2 is 2.00 bits per heavy atom. The lowest BCUT2D eigenvalue weighted by atomic mass is 10.00. The molecule has 0 saturated carbocycles. The van der Waals surface area contributed by atoms with E-state index < -0.39 is 5.91 Å². The van der Waals surface area contributed by atoms with Crippen molar-refractivity contribution in [2.75, 3.05) is 13.2 Å². The van der Waals surface area contributed by atoms with Crippen LogP contribution in [0.15, 0.2) is 42.2 Å². The average molecular weight is 411 g/mol. The molecule has 0 spiro atoms. The minimum Gasteiger partial charge on any atom is -0.505 e. The number of rotatable bonds is 7. The summed E-state index contributed by atoms with van der Waals surface area (Å²) in [7, 11) is 0. The van der Waals surface area contributed by atoms with E-state index in [1.807, 2.05) is 6.92 Å². The number of aromatic nitrogens is 2. The Hall–Kier alpha value is -3.52. The van der Waals surface area contributed by atoms with Crippen LogP contribution in [0.4, 0.5) is 4.39 Å². The van der Waals surface area contributed by atoms with Gasteiger partial charge >= 0.3 is 0 Å². The van der Waals surface area contributed by atoms with E-state index in [1.54, 1.807) is 24.5 Å². The van der Waals surface area contributed by atoms with Gasteiger partial charge in [0, 0.05) is 24.3 Å². The van der Waals surface area contributed by atoms with E-state index in [2.05, 4.69) is 10.3 Å². The maximum atomic E-state index is 13.2. The van der Waals surface area contributed by atoms with Crippen LogP contribution in [0.1, 0.15) is 29.3 Å². The lowest BCUT2D eigenvalue weighted by Crippen LogP contribution is -2.27. The number of nitrogens with one attached hydrogen (secondary N) is 1. The van der Waals surface area contributed by atoms with Crippen molar-refractivity contribution in [2.45, 2.75) is 20.3 Å². The predicted molar refractivity (Wildman–Crippen MR) is 111 cm³/mol. The molecule has 0 aliphatic heterocycles. The first-order chi connectivity index (χ1) is 14.4. The maximum Gasteiger partial charge on any atom is 0.250 e. The van der Waals surface area contributed by atoms with Gasteiger partial charge in [-0.2, -0.15) is 0 Å². The van der Waals surface area contributed by atoms with Crippen molar-refractivity contribution in [3.05, 3.63) is 70.4 Å². The summed E-state index contributed by atoms with van der Waals surface area (Å²) in [6.45, 7) is 3.09. The summed E-state index contributed by atoms with van der Waals surface area (Å²) in [6.07, 6.45) is 4.27. The standard InChI is InChI=1S/C22H22FN3O4/c1-13-11-26(12-28)20-18(13)16(9-15-3-5-17(23)6-4-15)10-25-19(20)21(29)14(2)22(30)24-7-8-27/h3-6,10-12,27,29H,7-9H2,1-2H3,(H,24,30)/b21-14-. The number of halogens is 1. The van der Waals surface area contributed by atoms with Gasteiger partial charge in [-0.1, -0.05) is 12.1 Å². The molecule has 0 aliphatic rings. The number of pyridine rings is 1. The largest absolute Gasteiger partial charge is 0.505 e. The third-order valence-corrected chi connectivity index (χ3v) is 4.86. The Morgan fingerprint density at radius 1 is 1.30 bits per heavy atom. The molecule has 2 aromatic heterocycles. The molecule has 0 saturated heterocycles. The quantitative estimate of drug-likeness (QED) is 0.315. The van der Waals surface area contributed by atoms with Gasteiger partial charge in [0.25, 0.3) is 5.91 Å². The van der Waals surface area contributed by atoms with Crippen molar-refractivity contribution < 1.29 is 24.2 Å². The van der Waals surface area contributed by atoms with Crippen LogP contribution in [0.5, 0.6) is 0 Å². The first kappa shape index (κ1) is 21.2. The van der Waals surface area contributed by atoms with Crippen LogP contribution in [-0.4, -0.2) is 45.2 Å². The lowest BCUT2D eigenvalue weighted by Gasteiger charge is -2.11. The highest BCUT2D eigenvalue weighted by molar-refractivity contribution is 6.03. The molecule has 7 nitrogen and oxygen atoms in total. The topological polar surface area (TPSA) is 104 Å². The zero-order chi connectivity index (χ0) is 21.8. The van der Waals surface area contributed by atoms with Gasteiger partial charge in [-0.3, -0.25) is 19.1 Å². The molecule has 0 fully saturated rings. The summed E-state index contributed by atoms with van der Waals surface area (Å²) in [5.41, 5.74) is 2.96. The summed E-state index contributed by atoms with van der Waals surface area (Å²) >= 11 is 0. The van der Waals surface area contributed by atoms with Crippen LogP contribution in [0.25, 0.3) is 16.7 Å². The number of amides is 1. The highest BCUT2D eigenvalue weighted by Gasteiger charge is 2.21. The third kappa shape index (κ3) is 4.08. The van der Waals surface area contributed by atoms with Crippen molar-refractivity contribution in [2.24, 2.45) is 0 Å². The predicted octanol–water partition coefficient (Wildman–Crippen LogP) is 2.51. The van der Waals surface area contributed by atoms with Crippen LogP contribution in [-0.2, 0) is 16.0 Å².